The zero-order chi connectivity index (χ0) is 12.4. The van der Waals surface area contributed by atoms with Crippen molar-refractivity contribution < 1.29 is 4.79 Å². The zero-order valence-corrected chi connectivity index (χ0v) is 9.77. The van der Waals surface area contributed by atoms with Crippen molar-refractivity contribution in [3.8, 4) is 0 Å². The lowest BCUT2D eigenvalue weighted by molar-refractivity contribution is 0.102. The lowest BCUT2D eigenvalue weighted by Gasteiger charge is -2.07. The van der Waals surface area contributed by atoms with Gasteiger partial charge in [0.05, 0.1) is 17.7 Å². The minimum absolute atomic E-state index is 0.261. The number of hydrogen-bond donors (Lipinski definition) is 2. The fourth-order valence-corrected chi connectivity index (χ4v) is 1.49. The summed E-state index contributed by atoms with van der Waals surface area (Å²) in [4.78, 5) is 15.8. The summed E-state index contributed by atoms with van der Waals surface area (Å²) in [5.41, 5.74) is 8.34. The normalized spacial score (nSPS) is 10.2. The number of nitrogen functional groups attached to an aromatic ring is 1. The topological polar surface area (TPSA) is 72.9 Å². The van der Waals surface area contributed by atoms with Crippen LogP contribution in [0.15, 0.2) is 30.7 Å². The maximum absolute atomic E-state index is 11.8. The highest BCUT2D eigenvalue weighted by Crippen LogP contribution is 2.20. The quantitative estimate of drug-likeness (QED) is 0.769. The van der Waals surface area contributed by atoms with Gasteiger partial charge >= 0.3 is 0 Å². The van der Waals surface area contributed by atoms with Crippen LogP contribution in [0.4, 0.5) is 11.4 Å². The van der Waals surface area contributed by atoms with E-state index in [2.05, 4.69) is 10.3 Å². The van der Waals surface area contributed by atoms with Gasteiger partial charge in [0.2, 0.25) is 0 Å². The second kappa shape index (κ2) is 4.29. The molecule has 2 rings (SSSR count). The molecule has 0 bridgehead atoms. The van der Waals surface area contributed by atoms with Crippen LogP contribution < -0.4 is 11.1 Å². The van der Waals surface area contributed by atoms with Crippen LogP contribution in [0.3, 0.4) is 0 Å². The third-order valence-electron chi connectivity index (χ3n) is 2.39. The second-order valence-corrected chi connectivity index (χ2v) is 3.97. The Morgan fingerprint density at radius 1 is 1.47 bits per heavy atom. The molecule has 5 heteroatoms. The van der Waals surface area contributed by atoms with E-state index in [4.69, 9.17) is 5.73 Å². The monoisotopic (exact) mass is 230 g/mol. The molecule has 0 aliphatic rings. The Bertz CT molecular complexity index is 559. The summed E-state index contributed by atoms with van der Waals surface area (Å²) in [6.07, 6.45) is 3.23. The van der Waals surface area contributed by atoms with Crippen molar-refractivity contribution in [2.24, 2.45) is 7.05 Å². The number of nitrogens with one attached hydrogen (secondary N) is 1. The van der Waals surface area contributed by atoms with E-state index < -0.39 is 0 Å². The minimum atomic E-state index is -0.261. The fourth-order valence-electron chi connectivity index (χ4n) is 1.49. The number of imidazole rings is 1. The van der Waals surface area contributed by atoms with Gasteiger partial charge < -0.3 is 15.6 Å². The maximum atomic E-state index is 11.8. The SMILES string of the molecule is Cc1ccc(N)c(NC(=O)c2cn(C)cn2)c1. The van der Waals surface area contributed by atoms with Gasteiger partial charge in [-0.05, 0) is 24.6 Å². The minimum Gasteiger partial charge on any atom is -0.397 e. The summed E-state index contributed by atoms with van der Waals surface area (Å²) in [7, 11) is 1.81. The van der Waals surface area contributed by atoms with Crippen LogP contribution in [0.1, 0.15) is 16.1 Å². The van der Waals surface area contributed by atoms with Crippen LogP contribution in [0.25, 0.3) is 0 Å². The van der Waals surface area contributed by atoms with Gasteiger partial charge in [-0.25, -0.2) is 4.98 Å². The molecular formula is C12H14N4O. The van der Waals surface area contributed by atoms with Crippen LogP contribution in [-0.4, -0.2) is 15.5 Å². The number of carbonyl (C=O) groups is 1. The van der Waals surface area contributed by atoms with Gasteiger partial charge in [-0.3, -0.25) is 4.79 Å². The van der Waals surface area contributed by atoms with E-state index in [9.17, 15) is 4.79 Å². The molecule has 0 radical (unpaired) electrons. The summed E-state index contributed by atoms with van der Waals surface area (Å²) >= 11 is 0. The molecule has 5 nitrogen and oxygen atoms in total. The number of aryl methyl sites for hydroxylation is 2. The number of nitrogens with two attached hydrogens (primary N) is 1. The van der Waals surface area contributed by atoms with Crippen molar-refractivity contribution in [2.75, 3.05) is 11.1 Å². The molecule has 0 spiro atoms. The molecule has 0 saturated heterocycles. The van der Waals surface area contributed by atoms with Gasteiger partial charge in [-0.15, -0.1) is 0 Å². The van der Waals surface area contributed by atoms with E-state index in [0.29, 0.717) is 17.1 Å². The molecule has 1 heterocycles. The first kappa shape index (κ1) is 11.2. The molecule has 3 N–H and O–H groups in total. The molecule has 0 saturated carbocycles. The first-order valence-corrected chi connectivity index (χ1v) is 5.21. The van der Waals surface area contributed by atoms with Gasteiger partial charge in [-0.2, -0.15) is 0 Å². The Hall–Kier alpha value is -2.30. The number of aromatic nitrogens is 2. The summed E-state index contributed by atoms with van der Waals surface area (Å²) in [5, 5.41) is 2.74. The van der Waals surface area contributed by atoms with E-state index >= 15 is 0 Å². The van der Waals surface area contributed by atoms with E-state index in [0.717, 1.165) is 5.56 Å². The molecule has 2 aromatic rings. The molecule has 0 aliphatic heterocycles. The molecular weight excluding hydrogens is 216 g/mol. The summed E-state index contributed by atoms with van der Waals surface area (Å²) < 4.78 is 1.72. The predicted octanol–water partition coefficient (Wildman–Crippen LogP) is 1.56. The molecule has 0 atom stereocenters. The Balaban J connectivity index is 2.21. The van der Waals surface area contributed by atoms with Gasteiger partial charge in [0.1, 0.15) is 5.69 Å². The highest BCUT2D eigenvalue weighted by atomic mass is 16.1. The number of nitrogens with zero attached hydrogens (tertiary/aromatic N) is 2. The maximum Gasteiger partial charge on any atom is 0.275 e. The number of carbonyl (C=O) groups excluding carboxylic acids is 1. The zero-order valence-electron chi connectivity index (χ0n) is 9.77. The van der Waals surface area contributed by atoms with E-state index in [1.54, 1.807) is 23.2 Å². The van der Waals surface area contributed by atoms with Crippen molar-refractivity contribution >= 4 is 17.3 Å². The highest BCUT2D eigenvalue weighted by Gasteiger charge is 2.10. The fraction of sp³-hybridized carbons (Fsp3) is 0.167. The Morgan fingerprint density at radius 3 is 2.88 bits per heavy atom. The number of rotatable bonds is 2. The number of amides is 1. The molecule has 0 aliphatic carbocycles. The van der Waals surface area contributed by atoms with E-state index in [1.807, 2.05) is 26.1 Å². The molecule has 17 heavy (non-hydrogen) atoms. The van der Waals surface area contributed by atoms with Crippen LogP contribution >= 0.6 is 0 Å². The lowest BCUT2D eigenvalue weighted by atomic mass is 10.2. The molecule has 88 valence electrons. The van der Waals surface area contributed by atoms with Gasteiger partial charge in [0.25, 0.3) is 5.91 Å². The average molecular weight is 230 g/mol. The molecule has 1 amide bonds. The largest absolute Gasteiger partial charge is 0.397 e. The van der Waals surface area contributed by atoms with E-state index in [1.165, 1.54) is 0 Å². The summed E-state index contributed by atoms with van der Waals surface area (Å²) in [5.74, 6) is -0.261. The Morgan fingerprint density at radius 2 is 2.24 bits per heavy atom. The number of anilines is 2. The second-order valence-electron chi connectivity index (χ2n) is 3.97. The molecule has 0 unspecified atom stereocenters. The molecule has 0 fully saturated rings. The smallest absolute Gasteiger partial charge is 0.275 e. The first-order valence-electron chi connectivity index (χ1n) is 5.21. The van der Waals surface area contributed by atoms with Gasteiger partial charge in [-0.1, -0.05) is 6.07 Å². The first-order chi connectivity index (χ1) is 8.06. The van der Waals surface area contributed by atoms with Crippen LogP contribution in [0, 0.1) is 6.92 Å². The Labute approximate surface area is 99.3 Å². The number of benzene rings is 1. The van der Waals surface area contributed by atoms with Crippen molar-refractivity contribution in [2.45, 2.75) is 6.92 Å². The standard InChI is InChI=1S/C12H14N4O/c1-8-3-4-9(13)10(5-8)15-12(17)11-6-16(2)7-14-11/h3-7H,13H2,1-2H3,(H,15,17). The van der Waals surface area contributed by atoms with Crippen molar-refractivity contribution in [3.63, 3.8) is 0 Å². The number of hydrogen-bond acceptors (Lipinski definition) is 3. The van der Waals surface area contributed by atoms with E-state index in [-0.39, 0.29) is 5.91 Å². The van der Waals surface area contributed by atoms with Crippen LogP contribution in [-0.2, 0) is 7.05 Å². The average Bonchev–Trinajstić information content (AvgIpc) is 2.70. The third kappa shape index (κ3) is 2.44. The van der Waals surface area contributed by atoms with Crippen LogP contribution in [0.2, 0.25) is 0 Å². The third-order valence-corrected chi connectivity index (χ3v) is 2.39. The highest BCUT2D eigenvalue weighted by molar-refractivity contribution is 6.04. The van der Waals surface area contributed by atoms with Crippen LogP contribution in [0.5, 0.6) is 0 Å². The van der Waals surface area contributed by atoms with Gasteiger partial charge in [0, 0.05) is 13.2 Å². The van der Waals surface area contributed by atoms with Crippen molar-refractivity contribution in [3.05, 3.63) is 42.0 Å². The Kier molecular flexibility index (Phi) is 2.82. The lowest BCUT2D eigenvalue weighted by Crippen LogP contribution is -2.13. The predicted molar refractivity (Wildman–Crippen MR) is 66.8 cm³/mol. The summed E-state index contributed by atoms with van der Waals surface area (Å²) in [6, 6.07) is 5.49. The van der Waals surface area contributed by atoms with Crippen molar-refractivity contribution in [1.29, 1.82) is 0 Å². The summed E-state index contributed by atoms with van der Waals surface area (Å²) in [6.45, 7) is 1.94. The van der Waals surface area contributed by atoms with Gasteiger partial charge in [0.15, 0.2) is 0 Å². The molecule has 1 aromatic heterocycles. The van der Waals surface area contributed by atoms with Crippen molar-refractivity contribution in [1.82, 2.24) is 9.55 Å². The molecule has 1 aromatic carbocycles.